The van der Waals surface area contributed by atoms with E-state index in [2.05, 4.69) is 10.3 Å². The van der Waals surface area contributed by atoms with Crippen LogP contribution < -0.4 is 5.32 Å². The lowest BCUT2D eigenvalue weighted by molar-refractivity contribution is 0.420. The molecule has 1 aliphatic rings. The van der Waals surface area contributed by atoms with Crippen LogP contribution in [0.3, 0.4) is 0 Å². The number of rotatable bonds is 7. The van der Waals surface area contributed by atoms with Gasteiger partial charge in [-0.3, -0.25) is 4.99 Å². The van der Waals surface area contributed by atoms with Gasteiger partial charge in [0.15, 0.2) is 6.40 Å². The Morgan fingerprint density at radius 2 is 2.00 bits per heavy atom. The van der Waals surface area contributed by atoms with Crippen LogP contribution >= 0.6 is 0 Å². The molecule has 0 aromatic rings. The van der Waals surface area contributed by atoms with Crippen molar-refractivity contribution in [1.82, 2.24) is 5.32 Å². The third kappa shape index (κ3) is 8.72. The molecule has 0 bridgehead atoms. The smallest absolute Gasteiger partial charge is 0.168 e. The summed E-state index contributed by atoms with van der Waals surface area (Å²) in [6.07, 6.45) is 8.34. The van der Waals surface area contributed by atoms with Crippen LogP contribution in [-0.2, 0) is 4.74 Å². The first-order valence-corrected chi connectivity index (χ1v) is 6.65. The van der Waals surface area contributed by atoms with Crippen LogP contribution in [0.15, 0.2) is 4.99 Å². The first kappa shape index (κ1) is 15.4. The molecule has 0 aromatic heterocycles. The van der Waals surface area contributed by atoms with Crippen molar-refractivity contribution in [3.8, 4) is 0 Å². The summed E-state index contributed by atoms with van der Waals surface area (Å²) in [7, 11) is 1.63. The molecule has 1 N–H and O–H groups in total. The highest BCUT2D eigenvalue weighted by atomic mass is 16.5. The molecular weight excluding hydrogens is 200 g/mol. The molecule has 96 valence electrons. The molecule has 3 nitrogen and oxygen atoms in total. The first-order valence-electron chi connectivity index (χ1n) is 6.65. The molecule has 0 atom stereocenters. The van der Waals surface area contributed by atoms with Crippen molar-refractivity contribution >= 4 is 6.40 Å². The first-order chi connectivity index (χ1) is 7.93. The maximum Gasteiger partial charge on any atom is 0.168 e. The van der Waals surface area contributed by atoms with Crippen LogP contribution in [0.1, 0.15) is 46.0 Å². The van der Waals surface area contributed by atoms with Crippen LogP contribution in [0, 0.1) is 5.92 Å². The summed E-state index contributed by atoms with van der Waals surface area (Å²) in [6, 6.07) is 0. The van der Waals surface area contributed by atoms with Crippen molar-refractivity contribution in [2.75, 3.05) is 26.7 Å². The highest BCUT2D eigenvalue weighted by molar-refractivity contribution is 5.45. The van der Waals surface area contributed by atoms with Crippen molar-refractivity contribution in [1.29, 1.82) is 0 Å². The monoisotopic (exact) mass is 228 g/mol. The van der Waals surface area contributed by atoms with E-state index in [1.807, 2.05) is 13.8 Å². The van der Waals surface area contributed by atoms with E-state index < -0.39 is 0 Å². The fourth-order valence-corrected chi connectivity index (χ4v) is 1.94. The summed E-state index contributed by atoms with van der Waals surface area (Å²) in [5.41, 5.74) is 0. The number of nitrogens with one attached hydrogen (secondary N) is 1. The Balaban J connectivity index is 0.00000106. The Morgan fingerprint density at radius 1 is 1.31 bits per heavy atom. The Labute approximate surface area is 101 Å². The molecule has 0 spiro atoms. The standard InChI is InChI=1S/C11H22N2O.C2H6/c1-14-10-13-8-4-7-12-9-11-5-2-3-6-11;1-2/h10-12H,2-9H2,1H3;1-2H3. The normalized spacial score (nSPS) is 16.2. The maximum absolute atomic E-state index is 4.72. The number of hydrogen-bond acceptors (Lipinski definition) is 3. The van der Waals surface area contributed by atoms with Crippen molar-refractivity contribution in [2.45, 2.75) is 46.0 Å². The van der Waals surface area contributed by atoms with E-state index in [0.717, 1.165) is 25.4 Å². The lowest BCUT2D eigenvalue weighted by Crippen LogP contribution is -2.22. The van der Waals surface area contributed by atoms with Crippen LogP contribution in [0.5, 0.6) is 0 Å². The van der Waals surface area contributed by atoms with Gasteiger partial charge in [-0.1, -0.05) is 26.7 Å². The van der Waals surface area contributed by atoms with Gasteiger partial charge in [0.2, 0.25) is 0 Å². The number of aliphatic imine (C=N–C) groups is 1. The molecule has 0 heterocycles. The molecule has 16 heavy (non-hydrogen) atoms. The fraction of sp³-hybridized carbons (Fsp3) is 0.923. The molecule has 1 aliphatic carbocycles. The summed E-state index contributed by atoms with van der Waals surface area (Å²) >= 11 is 0. The molecule has 0 unspecified atom stereocenters. The molecule has 0 radical (unpaired) electrons. The van der Waals surface area contributed by atoms with Gasteiger partial charge in [0.1, 0.15) is 0 Å². The van der Waals surface area contributed by atoms with Gasteiger partial charge in [0.05, 0.1) is 7.11 Å². The van der Waals surface area contributed by atoms with E-state index in [4.69, 9.17) is 4.74 Å². The van der Waals surface area contributed by atoms with Gasteiger partial charge in [-0.2, -0.15) is 0 Å². The van der Waals surface area contributed by atoms with Crippen LogP contribution in [0.2, 0.25) is 0 Å². The Morgan fingerprint density at radius 3 is 2.62 bits per heavy atom. The molecule has 0 amide bonds. The van der Waals surface area contributed by atoms with Gasteiger partial charge >= 0.3 is 0 Å². The molecule has 3 heteroatoms. The Bertz CT molecular complexity index is 154. The summed E-state index contributed by atoms with van der Waals surface area (Å²) in [5.74, 6) is 0.942. The number of nitrogens with zero attached hydrogens (tertiary/aromatic N) is 1. The minimum Gasteiger partial charge on any atom is -0.487 e. The highest BCUT2D eigenvalue weighted by Gasteiger charge is 2.13. The average Bonchev–Trinajstić information content (AvgIpc) is 2.84. The fourth-order valence-electron chi connectivity index (χ4n) is 1.94. The van der Waals surface area contributed by atoms with Crippen molar-refractivity contribution in [3.05, 3.63) is 0 Å². The predicted molar refractivity (Wildman–Crippen MR) is 71.2 cm³/mol. The maximum atomic E-state index is 4.72. The summed E-state index contributed by atoms with van der Waals surface area (Å²) in [4.78, 5) is 4.07. The summed E-state index contributed by atoms with van der Waals surface area (Å²) < 4.78 is 4.72. The zero-order valence-electron chi connectivity index (χ0n) is 11.2. The van der Waals surface area contributed by atoms with Gasteiger partial charge in [0.25, 0.3) is 0 Å². The van der Waals surface area contributed by atoms with E-state index in [0.29, 0.717) is 0 Å². The number of ether oxygens (including phenoxy) is 1. The number of methoxy groups -OCH3 is 1. The van der Waals surface area contributed by atoms with E-state index in [-0.39, 0.29) is 0 Å². The number of hydrogen-bond donors (Lipinski definition) is 1. The van der Waals surface area contributed by atoms with Gasteiger partial charge in [-0.25, -0.2) is 0 Å². The highest BCUT2D eigenvalue weighted by Crippen LogP contribution is 2.23. The third-order valence-corrected chi connectivity index (χ3v) is 2.73. The van der Waals surface area contributed by atoms with Gasteiger partial charge in [-0.15, -0.1) is 0 Å². The predicted octanol–water partition coefficient (Wildman–Crippen LogP) is 2.86. The van der Waals surface area contributed by atoms with Gasteiger partial charge in [0, 0.05) is 6.54 Å². The largest absolute Gasteiger partial charge is 0.487 e. The lowest BCUT2D eigenvalue weighted by Gasteiger charge is -2.09. The minimum atomic E-state index is 0.867. The lowest BCUT2D eigenvalue weighted by atomic mass is 10.1. The second kappa shape index (κ2) is 12.5. The van der Waals surface area contributed by atoms with Crippen LogP contribution in [-0.4, -0.2) is 33.1 Å². The van der Waals surface area contributed by atoms with E-state index in [9.17, 15) is 0 Å². The van der Waals surface area contributed by atoms with Gasteiger partial charge in [-0.05, 0) is 38.3 Å². The molecule has 1 saturated carbocycles. The second-order valence-corrected chi connectivity index (χ2v) is 3.96. The Kier molecular flexibility index (Phi) is 12.1. The van der Waals surface area contributed by atoms with Gasteiger partial charge < -0.3 is 10.1 Å². The molecule has 0 aliphatic heterocycles. The molecule has 0 aromatic carbocycles. The van der Waals surface area contributed by atoms with Crippen LogP contribution in [0.25, 0.3) is 0 Å². The van der Waals surface area contributed by atoms with E-state index in [1.54, 1.807) is 7.11 Å². The topological polar surface area (TPSA) is 33.6 Å². The quantitative estimate of drug-likeness (QED) is 0.413. The minimum absolute atomic E-state index is 0.867. The molecule has 0 saturated heterocycles. The van der Waals surface area contributed by atoms with Crippen molar-refractivity contribution < 1.29 is 4.74 Å². The SMILES string of the molecule is CC.COC=NCCCNCC1CCCC1. The summed E-state index contributed by atoms with van der Waals surface area (Å²) in [5, 5.41) is 3.49. The molecular formula is C13H28N2O. The molecule has 1 rings (SSSR count). The third-order valence-electron chi connectivity index (χ3n) is 2.73. The van der Waals surface area contributed by atoms with Crippen LogP contribution in [0.4, 0.5) is 0 Å². The zero-order valence-corrected chi connectivity index (χ0v) is 11.2. The second-order valence-electron chi connectivity index (χ2n) is 3.96. The average molecular weight is 228 g/mol. The van der Waals surface area contributed by atoms with Crippen molar-refractivity contribution in [2.24, 2.45) is 10.9 Å². The van der Waals surface area contributed by atoms with E-state index >= 15 is 0 Å². The van der Waals surface area contributed by atoms with E-state index in [1.165, 1.54) is 38.6 Å². The zero-order chi connectivity index (χ0) is 12.1. The summed E-state index contributed by atoms with van der Waals surface area (Å²) in [6.45, 7) is 7.15. The van der Waals surface area contributed by atoms with Crippen molar-refractivity contribution in [3.63, 3.8) is 0 Å². The molecule has 1 fully saturated rings. The Hall–Kier alpha value is -0.570.